The van der Waals surface area contributed by atoms with Gasteiger partial charge >= 0.3 is 0 Å². The zero-order chi connectivity index (χ0) is 20.5. The summed E-state index contributed by atoms with van der Waals surface area (Å²) in [5, 5.41) is 0.272. The maximum atomic E-state index is 12.8. The molecule has 2 aromatic heterocycles. The van der Waals surface area contributed by atoms with Gasteiger partial charge in [-0.25, -0.2) is 4.98 Å². The summed E-state index contributed by atoms with van der Waals surface area (Å²) in [6, 6.07) is 2.43. The maximum absolute atomic E-state index is 12.8. The van der Waals surface area contributed by atoms with Crippen LogP contribution in [-0.4, -0.2) is 90.9 Å². The molecule has 0 unspecified atom stereocenters. The molecule has 1 amide bonds. The average molecular weight is 452 g/mol. The molecule has 0 spiro atoms. The largest absolute Gasteiger partial charge is 0.381 e. The van der Waals surface area contributed by atoms with Crippen LogP contribution < -0.4 is 4.90 Å². The lowest BCUT2D eigenvalue weighted by atomic mass is 10.1. The van der Waals surface area contributed by atoms with E-state index in [2.05, 4.69) is 30.7 Å². The van der Waals surface area contributed by atoms with Gasteiger partial charge in [0.2, 0.25) is 11.2 Å². The minimum Gasteiger partial charge on any atom is -0.381 e. The minimum absolute atomic E-state index is 0.228. The predicted molar refractivity (Wildman–Crippen MR) is 116 cm³/mol. The van der Waals surface area contributed by atoms with Crippen molar-refractivity contribution in [3.63, 3.8) is 0 Å². The van der Waals surface area contributed by atoms with Gasteiger partial charge in [0, 0.05) is 56.9 Å². The fourth-order valence-electron chi connectivity index (χ4n) is 4.48. The van der Waals surface area contributed by atoms with Gasteiger partial charge in [-0.15, -0.1) is 11.3 Å². The number of carbonyl (C=O) groups is 1. The van der Waals surface area contributed by atoms with E-state index in [1.165, 1.54) is 4.88 Å². The zero-order valence-corrected chi connectivity index (χ0v) is 18.5. The SMILES string of the molecule is O=C1CN(Cc2cc3nc(Cl)nc(N4CCOCC4)c3s2)CCN1C1CCOCC1. The summed E-state index contributed by atoms with van der Waals surface area (Å²) in [5.74, 6) is 1.12. The molecule has 0 radical (unpaired) electrons. The molecule has 0 N–H and O–H groups in total. The van der Waals surface area contributed by atoms with E-state index in [1.807, 2.05) is 0 Å². The molecular formula is C20H26ClN5O3S. The maximum Gasteiger partial charge on any atom is 0.237 e. The average Bonchev–Trinajstić information content (AvgIpc) is 3.16. The molecule has 3 aliphatic rings. The first-order chi connectivity index (χ1) is 14.7. The predicted octanol–water partition coefficient (Wildman–Crippen LogP) is 2.00. The van der Waals surface area contributed by atoms with Crippen LogP contribution in [-0.2, 0) is 20.8 Å². The molecule has 0 aliphatic carbocycles. The standard InChI is InChI=1S/C20H26ClN5O3S/c21-20-22-16-11-15(30-18(16)19(23-20)25-5-9-29-10-6-25)12-24-3-4-26(17(27)13-24)14-1-7-28-8-2-14/h11,14H,1-10,12-13H2. The van der Waals surface area contributed by atoms with E-state index < -0.39 is 0 Å². The van der Waals surface area contributed by atoms with Crippen molar-refractivity contribution in [1.82, 2.24) is 19.8 Å². The van der Waals surface area contributed by atoms with Crippen LogP contribution in [0.3, 0.4) is 0 Å². The second kappa shape index (κ2) is 8.92. The van der Waals surface area contributed by atoms with E-state index in [-0.39, 0.29) is 11.2 Å². The Balaban J connectivity index is 1.29. The molecule has 3 aliphatic heterocycles. The first kappa shape index (κ1) is 20.4. The number of nitrogens with zero attached hydrogens (tertiary/aromatic N) is 5. The van der Waals surface area contributed by atoms with Crippen LogP contribution in [0.2, 0.25) is 5.28 Å². The summed E-state index contributed by atoms with van der Waals surface area (Å²) in [5.41, 5.74) is 0.878. The van der Waals surface area contributed by atoms with Crippen LogP contribution in [0.4, 0.5) is 5.82 Å². The first-order valence-electron chi connectivity index (χ1n) is 10.6. The number of amides is 1. The number of piperazine rings is 1. The van der Waals surface area contributed by atoms with Crippen molar-refractivity contribution in [2.24, 2.45) is 0 Å². The summed E-state index contributed by atoms with van der Waals surface area (Å²) in [7, 11) is 0. The monoisotopic (exact) mass is 451 g/mol. The molecule has 162 valence electrons. The van der Waals surface area contributed by atoms with E-state index in [0.717, 1.165) is 74.8 Å². The Labute approximate surface area is 184 Å². The lowest BCUT2D eigenvalue weighted by Crippen LogP contribution is -2.54. The van der Waals surface area contributed by atoms with Crippen LogP contribution in [0.1, 0.15) is 17.7 Å². The number of aromatic nitrogens is 2. The molecule has 5 heterocycles. The Morgan fingerprint density at radius 2 is 1.83 bits per heavy atom. The van der Waals surface area contributed by atoms with Crippen molar-refractivity contribution in [3.8, 4) is 0 Å². The topological polar surface area (TPSA) is 71.0 Å². The zero-order valence-electron chi connectivity index (χ0n) is 16.9. The number of hydrogen-bond acceptors (Lipinski definition) is 8. The van der Waals surface area contributed by atoms with Crippen molar-refractivity contribution in [2.45, 2.75) is 25.4 Å². The Hall–Kier alpha value is -1.52. The molecule has 8 nitrogen and oxygen atoms in total. The first-order valence-corrected chi connectivity index (χ1v) is 11.7. The lowest BCUT2D eigenvalue weighted by molar-refractivity contribution is -0.141. The van der Waals surface area contributed by atoms with E-state index in [9.17, 15) is 4.79 Å². The van der Waals surface area contributed by atoms with Crippen molar-refractivity contribution in [2.75, 3.05) is 64.1 Å². The number of hydrogen-bond donors (Lipinski definition) is 0. The summed E-state index contributed by atoms with van der Waals surface area (Å²) in [6.45, 7) is 7.41. The number of ether oxygens (including phenoxy) is 2. The van der Waals surface area contributed by atoms with Crippen molar-refractivity contribution >= 4 is 44.9 Å². The molecule has 0 saturated carbocycles. The molecule has 30 heavy (non-hydrogen) atoms. The summed E-state index contributed by atoms with van der Waals surface area (Å²) >= 11 is 7.91. The minimum atomic E-state index is 0.228. The third-order valence-corrected chi connectivity index (χ3v) is 7.31. The van der Waals surface area contributed by atoms with Crippen LogP contribution in [0.5, 0.6) is 0 Å². The van der Waals surface area contributed by atoms with Gasteiger partial charge in [0.1, 0.15) is 0 Å². The molecule has 3 saturated heterocycles. The number of fused-ring (bicyclic) bond motifs is 1. The van der Waals surface area contributed by atoms with Gasteiger partial charge in [-0.2, -0.15) is 4.98 Å². The number of thiophene rings is 1. The van der Waals surface area contributed by atoms with Gasteiger partial charge in [0.15, 0.2) is 5.82 Å². The van der Waals surface area contributed by atoms with Gasteiger partial charge in [-0.1, -0.05) is 0 Å². The summed E-state index contributed by atoms with van der Waals surface area (Å²) in [4.78, 5) is 29.4. The number of halogens is 1. The van der Waals surface area contributed by atoms with Crippen LogP contribution in [0, 0.1) is 0 Å². The Morgan fingerprint density at radius 3 is 2.60 bits per heavy atom. The fourth-order valence-corrected chi connectivity index (χ4v) is 5.80. The highest BCUT2D eigenvalue weighted by Crippen LogP contribution is 2.34. The third-order valence-electron chi connectivity index (χ3n) is 6.04. The van der Waals surface area contributed by atoms with Gasteiger partial charge in [0.25, 0.3) is 0 Å². The second-order valence-electron chi connectivity index (χ2n) is 7.98. The lowest BCUT2D eigenvalue weighted by Gasteiger charge is -2.40. The highest BCUT2D eigenvalue weighted by molar-refractivity contribution is 7.19. The van der Waals surface area contributed by atoms with E-state index in [0.29, 0.717) is 25.8 Å². The number of anilines is 1. The number of morpholine rings is 1. The van der Waals surface area contributed by atoms with E-state index >= 15 is 0 Å². The smallest absolute Gasteiger partial charge is 0.237 e. The molecule has 5 rings (SSSR count). The molecule has 0 aromatic carbocycles. The van der Waals surface area contributed by atoms with Gasteiger partial charge in [-0.3, -0.25) is 9.69 Å². The number of rotatable bonds is 4. The Morgan fingerprint density at radius 1 is 1.07 bits per heavy atom. The van der Waals surface area contributed by atoms with Gasteiger partial charge < -0.3 is 19.3 Å². The third kappa shape index (κ3) is 4.27. The summed E-state index contributed by atoms with van der Waals surface area (Å²) < 4.78 is 12.0. The highest BCUT2D eigenvalue weighted by atomic mass is 35.5. The molecule has 10 heteroatoms. The van der Waals surface area contributed by atoms with Gasteiger partial charge in [0.05, 0.1) is 30.0 Å². The highest BCUT2D eigenvalue weighted by Gasteiger charge is 2.31. The van der Waals surface area contributed by atoms with Crippen LogP contribution >= 0.6 is 22.9 Å². The Bertz CT molecular complexity index is 913. The summed E-state index contributed by atoms with van der Waals surface area (Å²) in [6.07, 6.45) is 1.90. The van der Waals surface area contributed by atoms with E-state index in [4.69, 9.17) is 21.1 Å². The van der Waals surface area contributed by atoms with Crippen molar-refractivity contribution < 1.29 is 14.3 Å². The Kier molecular flexibility index (Phi) is 6.06. The molecule has 3 fully saturated rings. The quantitative estimate of drug-likeness (QED) is 0.658. The second-order valence-corrected chi connectivity index (χ2v) is 9.46. The fraction of sp³-hybridized carbons (Fsp3) is 0.650. The van der Waals surface area contributed by atoms with Crippen molar-refractivity contribution in [3.05, 3.63) is 16.2 Å². The number of carbonyl (C=O) groups excluding carboxylic acids is 1. The van der Waals surface area contributed by atoms with Crippen LogP contribution in [0.15, 0.2) is 6.07 Å². The van der Waals surface area contributed by atoms with Gasteiger partial charge in [-0.05, 0) is 30.5 Å². The molecule has 2 aromatic rings. The van der Waals surface area contributed by atoms with Crippen LogP contribution in [0.25, 0.3) is 10.2 Å². The van der Waals surface area contributed by atoms with Crippen molar-refractivity contribution in [1.29, 1.82) is 0 Å². The normalized spacial score (nSPS) is 22.2. The van der Waals surface area contributed by atoms with E-state index in [1.54, 1.807) is 11.3 Å². The molecule has 0 bridgehead atoms. The molecular weight excluding hydrogens is 426 g/mol. The molecule has 0 atom stereocenters.